The zero-order valence-electron chi connectivity index (χ0n) is 24.5. The summed E-state index contributed by atoms with van der Waals surface area (Å²) >= 11 is 0. The van der Waals surface area contributed by atoms with Crippen LogP contribution in [0.1, 0.15) is 48.1 Å². The van der Waals surface area contributed by atoms with Crippen LogP contribution < -0.4 is 15.4 Å². The second-order valence-corrected chi connectivity index (χ2v) is 10.8. The number of carbonyl (C=O) groups excluding carboxylic acids is 2. The summed E-state index contributed by atoms with van der Waals surface area (Å²) < 4.78 is 94.8. The number of alkyl halides is 3. The Kier molecular flexibility index (Phi) is 8.79. The minimum Gasteiger partial charge on any atom is -0.494 e. The largest absolute Gasteiger partial charge is 0.494 e. The van der Waals surface area contributed by atoms with E-state index in [2.05, 4.69) is 20.5 Å². The number of ether oxygens (including phenoxy) is 1. The molecule has 0 saturated heterocycles. The molecule has 238 valence electrons. The van der Waals surface area contributed by atoms with Gasteiger partial charge >= 0.3 is 6.18 Å². The third kappa shape index (κ3) is 6.38. The Balaban J connectivity index is 1.87. The second-order valence-electron chi connectivity index (χ2n) is 10.8. The molecule has 0 fully saturated rings. The zero-order valence-corrected chi connectivity index (χ0v) is 24.5. The van der Waals surface area contributed by atoms with Crippen molar-refractivity contribution in [3.8, 4) is 17.0 Å². The smallest absolute Gasteiger partial charge is 0.424 e. The van der Waals surface area contributed by atoms with Crippen LogP contribution in [0.25, 0.3) is 22.2 Å². The predicted molar refractivity (Wildman–Crippen MR) is 150 cm³/mol. The van der Waals surface area contributed by atoms with Gasteiger partial charge < -0.3 is 20.5 Å². The van der Waals surface area contributed by atoms with Gasteiger partial charge in [-0.2, -0.15) is 18.3 Å². The summed E-state index contributed by atoms with van der Waals surface area (Å²) in [5.74, 6) is -5.96. The van der Waals surface area contributed by atoms with Gasteiger partial charge in [-0.1, -0.05) is 0 Å². The van der Waals surface area contributed by atoms with Crippen molar-refractivity contribution in [1.29, 1.82) is 0 Å². The van der Waals surface area contributed by atoms with E-state index in [4.69, 9.17) is 4.74 Å². The van der Waals surface area contributed by atoms with E-state index in [1.807, 2.05) is 5.32 Å². The molecule has 0 radical (unpaired) electrons. The van der Waals surface area contributed by atoms with Gasteiger partial charge in [-0.25, -0.2) is 18.2 Å². The first kappa shape index (κ1) is 33.1. The molecule has 2 aromatic heterocycles. The first-order chi connectivity index (χ1) is 20.9. The van der Waals surface area contributed by atoms with Gasteiger partial charge in [0, 0.05) is 23.4 Å². The lowest BCUT2D eigenvalue weighted by Gasteiger charge is -2.34. The van der Waals surface area contributed by atoms with Crippen molar-refractivity contribution in [2.45, 2.75) is 45.0 Å². The normalized spacial score (nSPS) is 13.3. The Morgan fingerprint density at radius 3 is 2.20 bits per heavy atom. The minimum atomic E-state index is -5.69. The molecule has 2 aromatic carbocycles. The minimum absolute atomic E-state index is 0.0799. The topological polar surface area (TPSA) is 126 Å². The number of methoxy groups -OCH3 is 1. The highest BCUT2D eigenvalue weighted by Gasteiger charge is 2.58. The molecule has 1 atom stereocenters. The van der Waals surface area contributed by atoms with Crippen LogP contribution in [-0.4, -0.2) is 51.9 Å². The van der Waals surface area contributed by atoms with Crippen LogP contribution in [0.5, 0.6) is 5.75 Å². The Hall–Kier alpha value is -4.79. The van der Waals surface area contributed by atoms with Crippen molar-refractivity contribution in [2.75, 3.05) is 13.7 Å². The fourth-order valence-electron chi connectivity index (χ4n) is 4.81. The molecule has 45 heavy (non-hydrogen) atoms. The van der Waals surface area contributed by atoms with Crippen LogP contribution in [0, 0.1) is 24.4 Å². The van der Waals surface area contributed by atoms with Gasteiger partial charge in [-0.05, 0) is 63.2 Å². The molecule has 2 amide bonds. The molecular formula is C30H27F6N5O4. The second kappa shape index (κ2) is 12.0. The monoisotopic (exact) mass is 635 g/mol. The zero-order chi connectivity index (χ0) is 33.5. The van der Waals surface area contributed by atoms with E-state index in [-0.39, 0.29) is 22.4 Å². The maximum absolute atomic E-state index is 16.1. The molecule has 15 heteroatoms. The molecule has 0 aliphatic carbocycles. The van der Waals surface area contributed by atoms with Crippen LogP contribution >= 0.6 is 0 Å². The van der Waals surface area contributed by atoms with E-state index in [0.717, 1.165) is 45.0 Å². The average Bonchev–Trinajstić information content (AvgIpc) is 2.94. The number of nitrogens with zero attached hydrogens (tertiary/aromatic N) is 3. The molecule has 0 bridgehead atoms. The molecule has 2 heterocycles. The molecule has 0 spiro atoms. The number of amides is 2. The van der Waals surface area contributed by atoms with Crippen molar-refractivity contribution < 1.29 is 45.8 Å². The maximum atomic E-state index is 16.1. The summed E-state index contributed by atoms with van der Waals surface area (Å²) in [7, 11) is 1.28. The fourth-order valence-corrected chi connectivity index (χ4v) is 4.81. The number of hydrogen-bond acceptors (Lipinski definition) is 7. The summed E-state index contributed by atoms with van der Waals surface area (Å²) in [6, 6.07) is 7.78. The molecule has 4 rings (SSSR count). The van der Waals surface area contributed by atoms with Gasteiger partial charge in [0.25, 0.3) is 5.91 Å². The number of carbonyl (C=O) groups is 2. The van der Waals surface area contributed by atoms with Crippen LogP contribution in [0.2, 0.25) is 0 Å². The number of fused-ring (bicyclic) bond motifs is 1. The Morgan fingerprint density at radius 1 is 0.978 bits per heavy atom. The van der Waals surface area contributed by atoms with Gasteiger partial charge in [-0.3, -0.25) is 9.59 Å². The molecule has 0 aliphatic heterocycles. The molecule has 0 unspecified atom stereocenters. The lowest BCUT2D eigenvalue weighted by atomic mass is 9.87. The van der Waals surface area contributed by atoms with E-state index in [0.29, 0.717) is 11.1 Å². The van der Waals surface area contributed by atoms with Crippen LogP contribution in [0.15, 0.2) is 42.5 Å². The van der Waals surface area contributed by atoms with Gasteiger partial charge in [0.1, 0.15) is 28.5 Å². The Bertz CT molecular complexity index is 1800. The number of nitrogens with one attached hydrogen (secondary N) is 2. The van der Waals surface area contributed by atoms with Crippen LogP contribution in [0.4, 0.5) is 26.3 Å². The highest BCUT2D eigenvalue weighted by atomic mass is 19.4. The van der Waals surface area contributed by atoms with Crippen molar-refractivity contribution in [2.24, 2.45) is 0 Å². The van der Waals surface area contributed by atoms with E-state index in [1.165, 1.54) is 19.2 Å². The Labute approximate surface area is 252 Å². The molecular weight excluding hydrogens is 608 g/mol. The molecule has 4 aromatic rings. The van der Waals surface area contributed by atoms with Gasteiger partial charge in [-0.15, -0.1) is 5.10 Å². The lowest BCUT2D eigenvalue weighted by molar-refractivity contribution is -0.266. The average molecular weight is 636 g/mol. The summed E-state index contributed by atoms with van der Waals surface area (Å²) in [6.45, 7) is 3.24. The summed E-state index contributed by atoms with van der Waals surface area (Å²) in [4.78, 5) is 28.5. The number of aryl methyl sites for hydroxylation is 1. The standard InChI is InChI=1S/C30H27F6N5O4/c1-14-10-17-11-18(12-20(45-5)24(17)41-40-14)27(43)37-13-29(44,30(34,35)36)26-23(33)21(28(3,4)39-15(2)42)22(32)25(38-26)16-6-8-19(31)9-7-16/h6-12,44H,13H2,1-5H3,(H,37,43)(H,39,42)/t29-/m1/s1. The number of aromatic nitrogens is 3. The highest BCUT2D eigenvalue weighted by Crippen LogP contribution is 2.43. The first-order valence-corrected chi connectivity index (χ1v) is 13.2. The quantitative estimate of drug-likeness (QED) is 0.233. The first-order valence-electron chi connectivity index (χ1n) is 13.2. The van der Waals surface area contributed by atoms with Crippen LogP contribution in [-0.2, 0) is 15.9 Å². The fraction of sp³-hybridized carbons (Fsp3) is 0.300. The van der Waals surface area contributed by atoms with Gasteiger partial charge in [0.05, 0.1) is 30.5 Å². The van der Waals surface area contributed by atoms with Gasteiger partial charge in [0.2, 0.25) is 11.5 Å². The third-order valence-corrected chi connectivity index (χ3v) is 6.93. The number of hydrogen-bond donors (Lipinski definition) is 3. The third-order valence-electron chi connectivity index (χ3n) is 6.93. The predicted octanol–water partition coefficient (Wildman–Crippen LogP) is 4.98. The summed E-state index contributed by atoms with van der Waals surface area (Å²) in [5.41, 5.74) is -9.52. The number of halogens is 6. The number of pyridine rings is 1. The van der Waals surface area contributed by atoms with Crippen molar-refractivity contribution in [3.05, 3.63) is 82.4 Å². The van der Waals surface area contributed by atoms with E-state index in [9.17, 15) is 32.3 Å². The SMILES string of the molecule is COc1cc(C(=O)NC[C@@](O)(c2nc(-c3ccc(F)cc3)c(F)c(C(C)(C)NC(C)=O)c2F)C(F)(F)F)cc2cc(C)nnc12. The number of aliphatic hydroxyl groups is 1. The molecule has 3 N–H and O–H groups in total. The Morgan fingerprint density at radius 2 is 1.62 bits per heavy atom. The van der Waals surface area contributed by atoms with E-state index in [1.54, 1.807) is 13.0 Å². The van der Waals surface area contributed by atoms with E-state index < -0.39 is 70.1 Å². The maximum Gasteiger partial charge on any atom is 0.424 e. The summed E-state index contributed by atoms with van der Waals surface area (Å²) in [5, 5.41) is 23.6. The summed E-state index contributed by atoms with van der Waals surface area (Å²) in [6.07, 6.45) is -5.69. The van der Waals surface area contributed by atoms with Crippen molar-refractivity contribution >= 4 is 22.7 Å². The molecule has 0 aliphatic rings. The van der Waals surface area contributed by atoms with Crippen molar-refractivity contribution in [1.82, 2.24) is 25.8 Å². The number of benzene rings is 2. The van der Waals surface area contributed by atoms with E-state index >= 15 is 8.78 Å². The molecule has 0 saturated carbocycles. The van der Waals surface area contributed by atoms with Crippen LogP contribution in [0.3, 0.4) is 0 Å². The molecule has 9 nitrogen and oxygen atoms in total. The highest BCUT2D eigenvalue weighted by molar-refractivity contribution is 5.99. The van der Waals surface area contributed by atoms with Crippen molar-refractivity contribution in [3.63, 3.8) is 0 Å². The van der Waals surface area contributed by atoms with Gasteiger partial charge in [0.15, 0.2) is 11.6 Å². The lowest BCUT2D eigenvalue weighted by Crippen LogP contribution is -2.53. The number of rotatable bonds is 8.